The van der Waals surface area contributed by atoms with Crippen LogP contribution in [0.3, 0.4) is 0 Å². The maximum atomic E-state index is 6.68. The maximum absolute atomic E-state index is 6.68. The van der Waals surface area contributed by atoms with Crippen molar-refractivity contribution >= 4 is 0 Å². The molecule has 3 heteroatoms. The molecule has 1 aromatic heterocycles. The van der Waals surface area contributed by atoms with Gasteiger partial charge in [0.1, 0.15) is 5.82 Å². The van der Waals surface area contributed by atoms with Gasteiger partial charge >= 0.3 is 0 Å². The van der Waals surface area contributed by atoms with E-state index in [-0.39, 0.29) is 5.54 Å². The smallest absolute Gasteiger partial charge is 0.110 e. The fourth-order valence-electron chi connectivity index (χ4n) is 3.36. The summed E-state index contributed by atoms with van der Waals surface area (Å²) in [6.45, 7) is 5.57. The van der Waals surface area contributed by atoms with Crippen LogP contribution >= 0.6 is 0 Å². The first-order chi connectivity index (χ1) is 9.17. The molecular formula is C16H29N3. The number of aromatic nitrogens is 2. The van der Waals surface area contributed by atoms with Crippen LogP contribution in [0.2, 0.25) is 0 Å². The molecule has 1 fully saturated rings. The van der Waals surface area contributed by atoms with Crippen LogP contribution in [-0.4, -0.2) is 15.1 Å². The second kappa shape index (κ2) is 6.56. The van der Waals surface area contributed by atoms with Gasteiger partial charge in [-0.25, -0.2) is 4.98 Å². The van der Waals surface area contributed by atoms with Gasteiger partial charge in [-0.1, -0.05) is 33.1 Å². The van der Waals surface area contributed by atoms with Crippen LogP contribution in [0.5, 0.6) is 0 Å². The van der Waals surface area contributed by atoms with Crippen LogP contribution in [0.4, 0.5) is 0 Å². The van der Waals surface area contributed by atoms with Crippen molar-refractivity contribution in [3.63, 3.8) is 0 Å². The largest absolute Gasteiger partial charge is 0.335 e. The van der Waals surface area contributed by atoms with E-state index in [1.165, 1.54) is 31.5 Å². The second-order valence-corrected chi connectivity index (χ2v) is 6.28. The number of nitrogens with zero attached hydrogens (tertiary/aromatic N) is 2. The molecule has 0 amide bonds. The standard InChI is InChI=1S/C16H29N3/c1-3-11-19-12-10-18-15(19)13-16(17)8-5-6-14(4-2)7-9-16/h10,12,14H,3-9,11,13,17H2,1-2H3. The van der Waals surface area contributed by atoms with Crippen molar-refractivity contribution in [3.05, 3.63) is 18.2 Å². The topological polar surface area (TPSA) is 43.8 Å². The van der Waals surface area contributed by atoms with Crippen LogP contribution < -0.4 is 5.73 Å². The van der Waals surface area contributed by atoms with Crippen LogP contribution in [0.25, 0.3) is 0 Å². The minimum atomic E-state index is -0.0270. The Bertz CT molecular complexity index is 385. The molecule has 2 N–H and O–H groups in total. The molecule has 2 unspecified atom stereocenters. The number of nitrogens with two attached hydrogens (primary N) is 1. The molecule has 1 aliphatic carbocycles. The van der Waals surface area contributed by atoms with Crippen LogP contribution in [0, 0.1) is 5.92 Å². The van der Waals surface area contributed by atoms with Gasteiger partial charge in [-0.05, 0) is 31.6 Å². The fourth-order valence-corrected chi connectivity index (χ4v) is 3.36. The van der Waals surface area contributed by atoms with E-state index in [4.69, 9.17) is 5.73 Å². The zero-order valence-corrected chi connectivity index (χ0v) is 12.6. The highest BCUT2D eigenvalue weighted by atomic mass is 15.1. The number of imidazole rings is 1. The van der Waals surface area contributed by atoms with E-state index in [1.54, 1.807) is 0 Å². The molecule has 0 bridgehead atoms. The lowest BCUT2D eigenvalue weighted by atomic mass is 9.87. The highest BCUT2D eigenvalue weighted by Gasteiger charge is 2.30. The van der Waals surface area contributed by atoms with Gasteiger partial charge < -0.3 is 10.3 Å². The van der Waals surface area contributed by atoms with Crippen LogP contribution in [-0.2, 0) is 13.0 Å². The molecule has 0 saturated heterocycles. The number of rotatable bonds is 5. The van der Waals surface area contributed by atoms with Gasteiger partial charge in [-0.2, -0.15) is 0 Å². The summed E-state index contributed by atoms with van der Waals surface area (Å²) in [6.07, 6.45) is 13.7. The molecule has 1 aromatic rings. The lowest BCUT2D eigenvalue weighted by Crippen LogP contribution is -2.42. The molecule has 0 spiro atoms. The molecule has 108 valence electrons. The number of hydrogen-bond acceptors (Lipinski definition) is 2. The summed E-state index contributed by atoms with van der Waals surface area (Å²) in [5, 5.41) is 0. The Kier molecular flexibility index (Phi) is 5.03. The molecule has 19 heavy (non-hydrogen) atoms. The molecule has 0 aromatic carbocycles. The van der Waals surface area contributed by atoms with Crippen molar-refractivity contribution < 1.29 is 0 Å². The average Bonchev–Trinajstić information content (AvgIpc) is 2.72. The zero-order valence-electron chi connectivity index (χ0n) is 12.6. The van der Waals surface area contributed by atoms with E-state index in [9.17, 15) is 0 Å². The van der Waals surface area contributed by atoms with Crippen molar-refractivity contribution in [1.82, 2.24) is 9.55 Å². The lowest BCUT2D eigenvalue weighted by molar-refractivity contribution is 0.347. The van der Waals surface area contributed by atoms with Crippen molar-refractivity contribution in [2.24, 2.45) is 11.7 Å². The minimum absolute atomic E-state index is 0.0270. The quantitative estimate of drug-likeness (QED) is 0.826. The average molecular weight is 263 g/mol. The summed E-state index contributed by atoms with van der Waals surface area (Å²) < 4.78 is 2.27. The van der Waals surface area contributed by atoms with Gasteiger partial charge in [0, 0.05) is 30.9 Å². The van der Waals surface area contributed by atoms with Crippen molar-refractivity contribution in [2.75, 3.05) is 0 Å². The third kappa shape index (κ3) is 3.82. The third-order valence-electron chi connectivity index (χ3n) is 4.69. The molecule has 2 rings (SSSR count). The third-order valence-corrected chi connectivity index (χ3v) is 4.69. The molecule has 0 aliphatic heterocycles. The molecule has 0 radical (unpaired) electrons. The first kappa shape index (κ1) is 14.6. The number of hydrogen-bond donors (Lipinski definition) is 1. The highest BCUT2D eigenvalue weighted by Crippen LogP contribution is 2.32. The van der Waals surface area contributed by atoms with Gasteiger partial charge in [0.25, 0.3) is 0 Å². The Balaban J connectivity index is 2.01. The van der Waals surface area contributed by atoms with E-state index in [2.05, 4.69) is 29.6 Å². The van der Waals surface area contributed by atoms with Crippen LogP contribution in [0.1, 0.15) is 64.6 Å². The van der Waals surface area contributed by atoms with Gasteiger partial charge in [-0.15, -0.1) is 0 Å². The fraction of sp³-hybridized carbons (Fsp3) is 0.812. The van der Waals surface area contributed by atoms with Crippen molar-refractivity contribution in [1.29, 1.82) is 0 Å². The first-order valence-corrected chi connectivity index (χ1v) is 7.96. The van der Waals surface area contributed by atoms with E-state index in [1.807, 2.05) is 6.20 Å². The normalized spacial score (nSPS) is 28.3. The highest BCUT2D eigenvalue weighted by molar-refractivity contribution is 5.02. The second-order valence-electron chi connectivity index (χ2n) is 6.28. The summed E-state index contributed by atoms with van der Waals surface area (Å²) in [5.74, 6) is 2.07. The van der Waals surface area contributed by atoms with Gasteiger partial charge in [0.2, 0.25) is 0 Å². The summed E-state index contributed by atoms with van der Waals surface area (Å²) in [5.41, 5.74) is 6.65. The Morgan fingerprint density at radius 3 is 2.95 bits per heavy atom. The summed E-state index contributed by atoms with van der Waals surface area (Å²) in [4.78, 5) is 4.53. The van der Waals surface area contributed by atoms with E-state index < -0.39 is 0 Å². The van der Waals surface area contributed by atoms with Gasteiger partial charge in [0.05, 0.1) is 0 Å². The van der Waals surface area contributed by atoms with Crippen molar-refractivity contribution in [3.8, 4) is 0 Å². The van der Waals surface area contributed by atoms with E-state index in [0.717, 1.165) is 38.1 Å². The molecular weight excluding hydrogens is 234 g/mol. The number of aryl methyl sites for hydroxylation is 1. The Hall–Kier alpha value is -0.830. The predicted octanol–water partition coefficient (Wildman–Crippen LogP) is 3.52. The molecule has 3 nitrogen and oxygen atoms in total. The minimum Gasteiger partial charge on any atom is -0.335 e. The SMILES string of the molecule is CCCn1ccnc1CC1(N)CCCC(CC)CC1. The zero-order chi connectivity index (χ0) is 13.7. The Morgan fingerprint density at radius 1 is 1.37 bits per heavy atom. The van der Waals surface area contributed by atoms with Crippen LogP contribution in [0.15, 0.2) is 12.4 Å². The summed E-state index contributed by atoms with van der Waals surface area (Å²) in [7, 11) is 0. The van der Waals surface area contributed by atoms with Crippen molar-refractivity contribution in [2.45, 2.75) is 77.3 Å². The maximum Gasteiger partial charge on any atom is 0.110 e. The monoisotopic (exact) mass is 263 g/mol. The Labute approximate surface area is 117 Å². The lowest BCUT2D eigenvalue weighted by Gasteiger charge is -2.28. The first-order valence-electron chi connectivity index (χ1n) is 7.96. The Morgan fingerprint density at radius 2 is 2.21 bits per heavy atom. The van der Waals surface area contributed by atoms with Gasteiger partial charge in [-0.3, -0.25) is 0 Å². The predicted molar refractivity (Wildman–Crippen MR) is 80.0 cm³/mol. The summed E-state index contributed by atoms with van der Waals surface area (Å²) >= 11 is 0. The van der Waals surface area contributed by atoms with E-state index >= 15 is 0 Å². The molecule has 1 heterocycles. The molecule has 1 saturated carbocycles. The van der Waals surface area contributed by atoms with E-state index in [0.29, 0.717) is 0 Å². The van der Waals surface area contributed by atoms with Gasteiger partial charge in [0.15, 0.2) is 0 Å². The molecule has 1 aliphatic rings. The summed E-state index contributed by atoms with van der Waals surface area (Å²) in [6, 6.07) is 0. The molecule has 2 atom stereocenters.